The first-order valence-corrected chi connectivity index (χ1v) is 19.1. The van der Waals surface area contributed by atoms with E-state index in [1.165, 1.54) is 5.56 Å². The number of fused-ring (bicyclic) bond motifs is 6. The number of rotatable bonds is 7. The van der Waals surface area contributed by atoms with Crippen molar-refractivity contribution in [2.24, 2.45) is 0 Å². The minimum atomic E-state index is 0.676. The summed E-state index contributed by atoms with van der Waals surface area (Å²) in [7, 11) is 0. The van der Waals surface area contributed by atoms with E-state index in [2.05, 4.69) is 138 Å². The van der Waals surface area contributed by atoms with E-state index in [1.807, 2.05) is 66.7 Å². The second-order valence-electron chi connectivity index (χ2n) is 14.2. The predicted molar refractivity (Wildman–Crippen MR) is 233 cm³/mol. The molecule has 11 rings (SSSR count). The van der Waals surface area contributed by atoms with Crippen molar-refractivity contribution >= 4 is 60.9 Å². The Morgan fingerprint density at radius 3 is 1.70 bits per heavy atom. The number of nitrogens with zero attached hydrogens (tertiary/aromatic N) is 3. The zero-order valence-corrected chi connectivity index (χ0v) is 30.7. The zero-order valence-electron chi connectivity index (χ0n) is 30.7. The molecule has 0 unspecified atom stereocenters. The van der Waals surface area contributed by atoms with Gasteiger partial charge in [0, 0.05) is 61.4 Å². The van der Waals surface area contributed by atoms with Crippen LogP contribution < -0.4 is 4.90 Å². The van der Waals surface area contributed by atoms with Crippen LogP contribution in [0.1, 0.15) is 0 Å². The lowest BCUT2D eigenvalue weighted by atomic mass is 10.0. The summed E-state index contributed by atoms with van der Waals surface area (Å²) in [6, 6.07) is 69.0. The van der Waals surface area contributed by atoms with Crippen LogP contribution >= 0.6 is 0 Å². The Morgan fingerprint density at radius 2 is 0.912 bits per heavy atom. The Morgan fingerprint density at radius 1 is 0.333 bits per heavy atom. The number of para-hydroxylation sites is 1. The first-order valence-electron chi connectivity index (χ1n) is 19.1. The monoisotopic (exact) mass is 731 g/mol. The van der Waals surface area contributed by atoms with E-state index in [1.54, 1.807) is 0 Å². The first kappa shape index (κ1) is 32.7. The second-order valence-corrected chi connectivity index (χ2v) is 14.2. The van der Waals surface area contributed by atoms with Gasteiger partial charge in [-0.3, -0.25) is 0 Å². The van der Waals surface area contributed by atoms with E-state index in [0.29, 0.717) is 5.82 Å². The molecular formula is C52H33N3O2. The van der Waals surface area contributed by atoms with Gasteiger partial charge in [-0.2, -0.15) is 0 Å². The van der Waals surface area contributed by atoms with E-state index in [4.69, 9.17) is 18.8 Å². The molecule has 8 aromatic carbocycles. The molecule has 3 aromatic heterocycles. The van der Waals surface area contributed by atoms with Gasteiger partial charge in [0.05, 0.1) is 11.4 Å². The maximum atomic E-state index is 6.71. The van der Waals surface area contributed by atoms with Crippen molar-refractivity contribution in [3.8, 4) is 45.0 Å². The minimum Gasteiger partial charge on any atom is -0.456 e. The van der Waals surface area contributed by atoms with Crippen molar-refractivity contribution in [3.05, 3.63) is 200 Å². The van der Waals surface area contributed by atoms with Crippen molar-refractivity contribution in [2.75, 3.05) is 4.90 Å². The van der Waals surface area contributed by atoms with Crippen LogP contribution in [0.2, 0.25) is 0 Å². The van der Waals surface area contributed by atoms with Gasteiger partial charge in [-0.15, -0.1) is 0 Å². The molecule has 0 bridgehead atoms. The summed E-state index contributed by atoms with van der Waals surface area (Å²) in [6.45, 7) is 0. The molecule has 5 heteroatoms. The maximum Gasteiger partial charge on any atom is 0.160 e. The van der Waals surface area contributed by atoms with Gasteiger partial charge in [0.25, 0.3) is 0 Å². The summed E-state index contributed by atoms with van der Waals surface area (Å²) in [6.07, 6.45) is 0. The molecule has 0 saturated heterocycles. The highest BCUT2D eigenvalue weighted by Gasteiger charge is 2.20. The van der Waals surface area contributed by atoms with Gasteiger partial charge in [-0.05, 0) is 71.8 Å². The molecule has 0 saturated carbocycles. The lowest BCUT2D eigenvalue weighted by Crippen LogP contribution is -2.09. The number of hydrogen-bond donors (Lipinski definition) is 0. The molecule has 0 aliphatic heterocycles. The quantitative estimate of drug-likeness (QED) is 0.163. The van der Waals surface area contributed by atoms with E-state index in [9.17, 15) is 0 Å². The molecule has 0 aliphatic carbocycles. The Balaban J connectivity index is 1.07. The molecule has 0 amide bonds. The van der Waals surface area contributed by atoms with Gasteiger partial charge >= 0.3 is 0 Å². The molecule has 0 N–H and O–H groups in total. The predicted octanol–water partition coefficient (Wildman–Crippen LogP) is 14.4. The molecule has 0 radical (unpaired) electrons. The molecule has 57 heavy (non-hydrogen) atoms. The summed E-state index contributed by atoms with van der Waals surface area (Å²) in [5.41, 5.74) is 13.3. The lowest BCUT2D eigenvalue weighted by Gasteiger charge is -2.25. The highest BCUT2D eigenvalue weighted by Crippen LogP contribution is 2.43. The molecule has 11 aromatic rings. The number of hydrogen-bond acceptors (Lipinski definition) is 5. The van der Waals surface area contributed by atoms with Crippen LogP contribution in [-0.2, 0) is 0 Å². The fourth-order valence-electron chi connectivity index (χ4n) is 7.96. The highest BCUT2D eigenvalue weighted by atomic mass is 16.3. The molecule has 0 spiro atoms. The summed E-state index contributed by atoms with van der Waals surface area (Å²) < 4.78 is 12.9. The molecule has 268 valence electrons. The Kier molecular flexibility index (Phi) is 7.74. The van der Waals surface area contributed by atoms with Crippen LogP contribution in [-0.4, -0.2) is 9.97 Å². The number of aromatic nitrogens is 2. The van der Waals surface area contributed by atoms with Crippen LogP contribution in [0.15, 0.2) is 209 Å². The molecule has 5 nitrogen and oxygen atoms in total. The molecule has 0 aliphatic rings. The average molecular weight is 732 g/mol. The number of furan rings is 2. The average Bonchev–Trinajstić information content (AvgIpc) is 3.85. The van der Waals surface area contributed by atoms with E-state index in [0.717, 1.165) is 94.6 Å². The van der Waals surface area contributed by atoms with Crippen LogP contribution in [0.4, 0.5) is 17.1 Å². The molecule has 3 heterocycles. The summed E-state index contributed by atoms with van der Waals surface area (Å²) >= 11 is 0. The molecule has 0 atom stereocenters. The van der Waals surface area contributed by atoms with Crippen molar-refractivity contribution in [2.45, 2.75) is 0 Å². The third-order valence-electron chi connectivity index (χ3n) is 10.7. The summed E-state index contributed by atoms with van der Waals surface area (Å²) in [4.78, 5) is 12.5. The van der Waals surface area contributed by atoms with Crippen LogP contribution in [0.25, 0.3) is 88.9 Å². The normalized spacial score (nSPS) is 11.5. The Labute approximate surface area is 328 Å². The van der Waals surface area contributed by atoms with Gasteiger partial charge in [0.1, 0.15) is 22.3 Å². The van der Waals surface area contributed by atoms with E-state index < -0.39 is 0 Å². The highest BCUT2D eigenvalue weighted by molar-refractivity contribution is 6.13. The summed E-state index contributed by atoms with van der Waals surface area (Å²) in [5, 5.41) is 4.18. The number of anilines is 3. The van der Waals surface area contributed by atoms with E-state index >= 15 is 0 Å². The SMILES string of the molecule is c1ccc(-c2ccc(N(c3ccc4c(c3)oc3cccc(-c5cc(-c6ccccc6)nc(-c6ccccc6)n5)c34)c3ccc4oc5ccccc5c4c3)cc2)cc1. The van der Waals surface area contributed by atoms with Crippen molar-refractivity contribution in [1.82, 2.24) is 9.97 Å². The third kappa shape index (κ3) is 5.81. The van der Waals surface area contributed by atoms with Gasteiger partial charge in [-0.1, -0.05) is 133 Å². The minimum absolute atomic E-state index is 0.676. The second kappa shape index (κ2) is 13.5. The van der Waals surface area contributed by atoms with Crippen LogP contribution in [0.3, 0.4) is 0 Å². The summed E-state index contributed by atoms with van der Waals surface area (Å²) in [5.74, 6) is 0.676. The standard InChI is InChI=1S/C52H33N3O2/c1-4-13-34(14-5-1)35-23-25-38(26-24-35)55(39-28-30-48-44(31-39)41-19-10-11-21-47(41)56-48)40-27-29-43-50(32-40)57-49-22-12-20-42(51(43)49)46-33-45(36-15-6-2-7-16-36)53-52(54-46)37-17-8-3-9-18-37/h1-33H. The first-order chi connectivity index (χ1) is 28.2. The topological polar surface area (TPSA) is 55.3 Å². The largest absolute Gasteiger partial charge is 0.456 e. The van der Waals surface area contributed by atoms with Crippen LogP contribution in [0.5, 0.6) is 0 Å². The van der Waals surface area contributed by atoms with Gasteiger partial charge < -0.3 is 13.7 Å². The Bertz CT molecular complexity index is 3170. The van der Waals surface area contributed by atoms with Crippen LogP contribution in [0, 0.1) is 0 Å². The molecule has 0 fully saturated rings. The number of benzene rings is 8. The van der Waals surface area contributed by atoms with Crippen molar-refractivity contribution in [1.29, 1.82) is 0 Å². The smallest absolute Gasteiger partial charge is 0.160 e. The van der Waals surface area contributed by atoms with E-state index in [-0.39, 0.29) is 0 Å². The zero-order chi connectivity index (χ0) is 37.7. The Hall–Kier alpha value is -7.76. The van der Waals surface area contributed by atoms with Crippen molar-refractivity contribution < 1.29 is 8.83 Å². The van der Waals surface area contributed by atoms with Gasteiger partial charge in [0.2, 0.25) is 0 Å². The maximum absolute atomic E-state index is 6.71. The third-order valence-corrected chi connectivity index (χ3v) is 10.7. The van der Waals surface area contributed by atoms with Crippen molar-refractivity contribution in [3.63, 3.8) is 0 Å². The van der Waals surface area contributed by atoms with Gasteiger partial charge in [-0.25, -0.2) is 9.97 Å². The lowest BCUT2D eigenvalue weighted by molar-refractivity contribution is 0.668. The van der Waals surface area contributed by atoms with Gasteiger partial charge in [0.15, 0.2) is 5.82 Å². The fourth-order valence-corrected chi connectivity index (χ4v) is 7.96. The fraction of sp³-hybridized carbons (Fsp3) is 0. The molecular weight excluding hydrogens is 699 g/mol.